The lowest BCUT2D eigenvalue weighted by atomic mass is 10.1. The highest BCUT2D eigenvalue weighted by molar-refractivity contribution is 9.10. The number of hydrogen-bond acceptors (Lipinski definition) is 7. The number of benzene rings is 2. The van der Waals surface area contributed by atoms with E-state index in [0.717, 1.165) is 26.7 Å². The summed E-state index contributed by atoms with van der Waals surface area (Å²) < 4.78 is 11.7. The number of ether oxygens (including phenoxy) is 2. The molecule has 9 heteroatoms. The van der Waals surface area contributed by atoms with Crippen LogP contribution < -0.4 is 4.74 Å². The summed E-state index contributed by atoms with van der Waals surface area (Å²) in [7, 11) is 0. The second kappa shape index (κ2) is 10.5. The summed E-state index contributed by atoms with van der Waals surface area (Å²) in [5, 5.41) is 8.72. The molecule has 32 heavy (non-hydrogen) atoms. The molecule has 0 N–H and O–H groups in total. The molecule has 2 aromatic carbocycles. The fourth-order valence-electron chi connectivity index (χ4n) is 2.88. The van der Waals surface area contributed by atoms with Crippen LogP contribution in [0.4, 0.5) is 4.79 Å². The Balaban J connectivity index is 1.81. The fourth-order valence-corrected chi connectivity index (χ4v) is 4.09. The van der Waals surface area contributed by atoms with Gasteiger partial charge in [0.1, 0.15) is 18.9 Å². The van der Waals surface area contributed by atoms with Crippen LogP contribution in [0.1, 0.15) is 30.5 Å². The van der Waals surface area contributed by atoms with E-state index >= 15 is 0 Å². The Morgan fingerprint density at radius 2 is 2.00 bits per heavy atom. The highest BCUT2D eigenvalue weighted by Crippen LogP contribution is 2.35. The molecular weight excluding hydrogens is 496 g/mol. The Morgan fingerprint density at radius 1 is 1.25 bits per heavy atom. The monoisotopic (exact) mass is 514 g/mol. The number of rotatable bonds is 7. The third-order valence-electron chi connectivity index (χ3n) is 4.31. The van der Waals surface area contributed by atoms with Crippen molar-refractivity contribution in [2.75, 3.05) is 6.54 Å². The predicted octanol–water partition coefficient (Wildman–Crippen LogP) is 4.89. The van der Waals surface area contributed by atoms with Crippen molar-refractivity contribution in [1.29, 1.82) is 5.26 Å². The SMILES string of the molecule is CC(C)OC(=O)CN1C(=O)S/C(=C/c2cc(Br)ccc2OCc2ccccc2C#N)C1=O. The molecule has 3 rings (SSSR count). The van der Waals surface area contributed by atoms with Gasteiger partial charge in [0, 0.05) is 15.6 Å². The van der Waals surface area contributed by atoms with Gasteiger partial charge in [-0.25, -0.2) is 0 Å². The molecule has 164 valence electrons. The van der Waals surface area contributed by atoms with Crippen molar-refractivity contribution in [1.82, 2.24) is 4.90 Å². The van der Waals surface area contributed by atoms with Gasteiger partial charge in [0.15, 0.2) is 0 Å². The first-order valence-corrected chi connectivity index (χ1v) is 11.2. The molecular formula is C23H19BrN2O5S. The Morgan fingerprint density at radius 3 is 2.72 bits per heavy atom. The van der Waals surface area contributed by atoms with Crippen molar-refractivity contribution < 1.29 is 23.9 Å². The first kappa shape index (κ1) is 23.6. The molecule has 1 fully saturated rings. The number of halogens is 1. The third kappa shape index (κ3) is 5.78. The van der Waals surface area contributed by atoms with Crippen molar-refractivity contribution in [2.45, 2.75) is 26.6 Å². The van der Waals surface area contributed by atoms with Crippen LogP contribution in [-0.4, -0.2) is 34.7 Å². The van der Waals surface area contributed by atoms with Crippen LogP contribution in [0, 0.1) is 11.3 Å². The quantitative estimate of drug-likeness (QED) is 0.383. The van der Waals surface area contributed by atoms with Crippen LogP contribution in [-0.2, 0) is 20.9 Å². The number of thioether (sulfide) groups is 1. The summed E-state index contributed by atoms with van der Waals surface area (Å²) in [6, 6.07) is 14.5. The minimum atomic E-state index is -0.647. The van der Waals surface area contributed by atoms with Gasteiger partial charge in [-0.2, -0.15) is 5.26 Å². The Bertz CT molecular complexity index is 1140. The minimum absolute atomic E-state index is 0.161. The van der Waals surface area contributed by atoms with Crippen LogP contribution in [0.25, 0.3) is 6.08 Å². The number of carbonyl (C=O) groups is 3. The third-order valence-corrected chi connectivity index (χ3v) is 5.71. The molecule has 1 aliphatic rings. The van der Waals surface area contributed by atoms with Crippen molar-refractivity contribution in [3.8, 4) is 11.8 Å². The average Bonchev–Trinajstić information content (AvgIpc) is 3.00. The first-order valence-electron chi connectivity index (χ1n) is 9.63. The van der Waals surface area contributed by atoms with Gasteiger partial charge in [-0.1, -0.05) is 34.1 Å². The molecule has 7 nitrogen and oxygen atoms in total. The molecule has 0 atom stereocenters. The van der Waals surface area contributed by atoms with E-state index in [1.165, 1.54) is 0 Å². The van der Waals surface area contributed by atoms with Crippen LogP contribution in [0.5, 0.6) is 5.75 Å². The van der Waals surface area contributed by atoms with Crippen LogP contribution in [0.15, 0.2) is 51.8 Å². The Kier molecular flexibility index (Phi) is 7.72. The summed E-state index contributed by atoms with van der Waals surface area (Å²) in [6.45, 7) is 3.10. The van der Waals surface area contributed by atoms with E-state index < -0.39 is 23.7 Å². The smallest absolute Gasteiger partial charge is 0.326 e. The maximum Gasteiger partial charge on any atom is 0.326 e. The van der Waals surface area contributed by atoms with E-state index in [-0.39, 0.29) is 17.6 Å². The first-order chi connectivity index (χ1) is 15.3. The lowest BCUT2D eigenvalue weighted by Gasteiger charge is -2.13. The van der Waals surface area contributed by atoms with Gasteiger partial charge in [-0.3, -0.25) is 19.3 Å². The molecule has 2 aromatic rings. The second-order valence-electron chi connectivity index (χ2n) is 7.05. The van der Waals surface area contributed by atoms with Crippen molar-refractivity contribution in [3.05, 3.63) is 68.5 Å². The zero-order valence-electron chi connectivity index (χ0n) is 17.3. The molecule has 0 aliphatic carbocycles. The highest BCUT2D eigenvalue weighted by atomic mass is 79.9. The van der Waals surface area contributed by atoms with Crippen LogP contribution in [0.2, 0.25) is 0 Å². The van der Waals surface area contributed by atoms with Gasteiger partial charge in [0.2, 0.25) is 0 Å². The number of hydrogen-bond donors (Lipinski definition) is 0. The molecule has 0 radical (unpaired) electrons. The van der Waals surface area contributed by atoms with E-state index in [1.54, 1.807) is 56.3 Å². The molecule has 1 saturated heterocycles. The normalized spacial score (nSPS) is 14.7. The van der Waals surface area contributed by atoms with E-state index in [2.05, 4.69) is 22.0 Å². The molecule has 0 unspecified atom stereocenters. The number of esters is 1. The maximum atomic E-state index is 12.7. The standard InChI is InChI=1S/C23H19BrN2O5S/c1-14(2)31-21(27)12-26-22(28)20(32-23(26)29)10-17-9-18(24)7-8-19(17)30-13-16-6-4-3-5-15(16)11-25/h3-10,14H,12-13H2,1-2H3/b20-10+. The van der Waals surface area contributed by atoms with Crippen molar-refractivity contribution in [3.63, 3.8) is 0 Å². The molecule has 1 aliphatic heterocycles. The topological polar surface area (TPSA) is 96.7 Å². The zero-order valence-corrected chi connectivity index (χ0v) is 19.7. The largest absolute Gasteiger partial charge is 0.488 e. The number of nitriles is 1. The predicted molar refractivity (Wildman–Crippen MR) is 124 cm³/mol. The molecule has 0 saturated carbocycles. The number of imide groups is 1. The molecule has 2 amide bonds. The maximum absolute atomic E-state index is 12.7. The number of carbonyl (C=O) groups excluding carboxylic acids is 3. The van der Waals surface area contributed by atoms with Crippen molar-refractivity contribution >= 4 is 50.9 Å². The summed E-state index contributed by atoms with van der Waals surface area (Å²) in [5.74, 6) is -0.736. The Hall–Kier alpha value is -3.09. The number of nitrogens with zero attached hydrogens (tertiary/aromatic N) is 2. The Labute approximate surface area is 198 Å². The van der Waals surface area contributed by atoms with Gasteiger partial charge >= 0.3 is 5.97 Å². The fraction of sp³-hybridized carbons (Fsp3) is 0.217. The van der Waals surface area contributed by atoms with Gasteiger partial charge in [0.05, 0.1) is 22.6 Å². The van der Waals surface area contributed by atoms with Crippen LogP contribution in [0.3, 0.4) is 0 Å². The van der Waals surface area contributed by atoms with E-state index in [1.807, 2.05) is 6.07 Å². The number of amides is 2. The summed E-state index contributed by atoms with van der Waals surface area (Å²) in [5.41, 5.74) is 1.82. The lowest BCUT2D eigenvalue weighted by molar-refractivity contribution is -0.149. The van der Waals surface area contributed by atoms with Crippen LogP contribution >= 0.6 is 27.7 Å². The van der Waals surface area contributed by atoms with Gasteiger partial charge in [-0.05, 0) is 56.0 Å². The summed E-state index contributed by atoms with van der Waals surface area (Å²) >= 11 is 4.15. The molecule has 1 heterocycles. The van der Waals surface area contributed by atoms with E-state index in [0.29, 0.717) is 16.9 Å². The van der Waals surface area contributed by atoms with Gasteiger partial charge in [-0.15, -0.1) is 0 Å². The summed E-state index contributed by atoms with van der Waals surface area (Å²) in [4.78, 5) is 37.9. The highest BCUT2D eigenvalue weighted by Gasteiger charge is 2.37. The molecule has 0 bridgehead atoms. The average molecular weight is 515 g/mol. The van der Waals surface area contributed by atoms with E-state index in [9.17, 15) is 19.6 Å². The van der Waals surface area contributed by atoms with Gasteiger partial charge < -0.3 is 9.47 Å². The van der Waals surface area contributed by atoms with Gasteiger partial charge in [0.25, 0.3) is 11.1 Å². The second-order valence-corrected chi connectivity index (χ2v) is 8.96. The van der Waals surface area contributed by atoms with Crippen molar-refractivity contribution in [2.24, 2.45) is 0 Å². The summed E-state index contributed by atoms with van der Waals surface area (Å²) in [6.07, 6.45) is 1.21. The minimum Gasteiger partial charge on any atom is -0.488 e. The molecule has 0 spiro atoms. The zero-order chi connectivity index (χ0) is 23.3. The molecule has 0 aromatic heterocycles. The lowest BCUT2D eigenvalue weighted by Crippen LogP contribution is -2.35. The van der Waals surface area contributed by atoms with E-state index in [4.69, 9.17) is 9.47 Å².